The van der Waals surface area contributed by atoms with Gasteiger partial charge in [-0.1, -0.05) is 0 Å². The molecule has 2 rings (SSSR count). The molecular weight excluding hydrogens is 345 g/mol. The maximum absolute atomic E-state index is 13.1. The number of hydrogen-bond acceptors (Lipinski definition) is 4. The molecule has 0 aliphatic carbocycles. The lowest BCUT2D eigenvalue weighted by molar-refractivity contribution is -0.385. The summed E-state index contributed by atoms with van der Waals surface area (Å²) in [6, 6.07) is 8.62. The van der Waals surface area contributed by atoms with Crippen molar-refractivity contribution in [1.29, 1.82) is 0 Å². The van der Waals surface area contributed by atoms with Gasteiger partial charge in [0.1, 0.15) is 23.9 Å². The average molecular weight is 356 g/mol. The van der Waals surface area contributed by atoms with E-state index in [0.29, 0.717) is 17.1 Å². The second-order valence-electron chi connectivity index (χ2n) is 4.16. The molecule has 0 aliphatic rings. The van der Waals surface area contributed by atoms with Crippen LogP contribution in [0.1, 0.15) is 5.56 Å². The minimum Gasteiger partial charge on any atom is -0.496 e. The summed E-state index contributed by atoms with van der Waals surface area (Å²) in [4.78, 5) is 10.3. The van der Waals surface area contributed by atoms with Crippen molar-refractivity contribution in [3.05, 3.63) is 62.4 Å². The van der Waals surface area contributed by atoms with Crippen LogP contribution in [0.4, 0.5) is 10.1 Å². The van der Waals surface area contributed by atoms with E-state index < -0.39 is 4.92 Å². The number of methoxy groups -OCH3 is 1. The molecule has 0 saturated carbocycles. The van der Waals surface area contributed by atoms with E-state index in [1.54, 1.807) is 6.07 Å². The number of rotatable bonds is 5. The smallest absolute Gasteiger partial charge is 0.273 e. The Hall–Kier alpha value is -2.15. The van der Waals surface area contributed by atoms with Crippen LogP contribution in [0.3, 0.4) is 0 Å². The fourth-order valence-electron chi connectivity index (χ4n) is 1.68. The van der Waals surface area contributed by atoms with Gasteiger partial charge < -0.3 is 9.47 Å². The number of nitrogens with zero attached hydrogens (tertiary/aromatic N) is 1. The van der Waals surface area contributed by atoms with E-state index >= 15 is 0 Å². The van der Waals surface area contributed by atoms with Gasteiger partial charge >= 0.3 is 0 Å². The number of benzene rings is 2. The molecule has 0 radical (unpaired) electrons. The minimum atomic E-state index is -0.500. The van der Waals surface area contributed by atoms with Gasteiger partial charge in [0.25, 0.3) is 5.69 Å². The summed E-state index contributed by atoms with van der Waals surface area (Å²) >= 11 is 3.06. The fourth-order valence-corrected chi connectivity index (χ4v) is 2.04. The first-order valence-corrected chi connectivity index (χ1v) is 6.69. The van der Waals surface area contributed by atoms with Crippen molar-refractivity contribution in [3.8, 4) is 11.5 Å². The second kappa shape index (κ2) is 6.53. The molecule has 7 heteroatoms. The number of non-ortho nitro benzene ring substituents is 1. The minimum absolute atomic E-state index is 0.0757. The molecule has 0 saturated heterocycles. The van der Waals surface area contributed by atoms with E-state index in [0.717, 1.165) is 0 Å². The maximum Gasteiger partial charge on any atom is 0.273 e. The third kappa shape index (κ3) is 3.91. The number of nitro benzene ring substituents is 1. The standard InChI is InChI=1S/C14H11BrFNO4/c1-20-12-5-9(4-10(6-12)17(18)19)8-21-11-2-3-14(16)13(15)7-11/h2-7H,8H2,1H3. The van der Waals surface area contributed by atoms with Gasteiger partial charge in [0.15, 0.2) is 0 Å². The Bertz CT molecular complexity index is 678. The average Bonchev–Trinajstić information content (AvgIpc) is 2.48. The topological polar surface area (TPSA) is 61.6 Å². The van der Waals surface area contributed by atoms with Crippen molar-refractivity contribution in [2.24, 2.45) is 0 Å². The van der Waals surface area contributed by atoms with Crippen molar-refractivity contribution >= 4 is 21.6 Å². The van der Waals surface area contributed by atoms with Crippen LogP contribution in [0.2, 0.25) is 0 Å². The highest BCUT2D eigenvalue weighted by Gasteiger charge is 2.11. The highest BCUT2D eigenvalue weighted by Crippen LogP contribution is 2.25. The Morgan fingerprint density at radius 3 is 2.62 bits per heavy atom. The monoisotopic (exact) mass is 355 g/mol. The molecule has 2 aromatic carbocycles. The van der Waals surface area contributed by atoms with E-state index in [2.05, 4.69) is 15.9 Å². The van der Waals surface area contributed by atoms with E-state index in [9.17, 15) is 14.5 Å². The fraction of sp³-hybridized carbons (Fsp3) is 0.143. The molecule has 2 aromatic rings. The summed E-state index contributed by atoms with van der Waals surface area (Å²) in [5, 5.41) is 10.8. The molecule has 21 heavy (non-hydrogen) atoms. The molecule has 0 aromatic heterocycles. The van der Waals surface area contributed by atoms with Crippen molar-refractivity contribution < 1.29 is 18.8 Å². The zero-order valence-electron chi connectivity index (χ0n) is 11.0. The zero-order chi connectivity index (χ0) is 15.4. The summed E-state index contributed by atoms with van der Waals surface area (Å²) in [7, 11) is 1.43. The van der Waals surface area contributed by atoms with Gasteiger partial charge in [-0.05, 0) is 45.8 Å². The van der Waals surface area contributed by atoms with E-state index in [4.69, 9.17) is 9.47 Å². The molecule has 0 aliphatic heterocycles. The molecule has 0 amide bonds. The van der Waals surface area contributed by atoms with Crippen LogP contribution in [0.15, 0.2) is 40.9 Å². The third-order valence-electron chi connectivity index (χ3n) is 2.69. The Balaban J connectivity index is 2.17. The lowest BCUT2D eigenvalue weighted by Crippen LogP contribution is -1.98. The summed E-state index contributed by atoms with van der Waals surface area (Å²) in [5.74, 6) is 0.441. The molecule has 110 valence electrons. The Morgan fingerprint density at radius 1 is 1.24 bits per heavy atom. The van der Waals surface area contributed by atoms with E-state index in [1.165, 1.54) is 37.4 Å². The predicted octanol–water partition coefficient (Wildman–Crippen LogP) is 4.08. The summed E-state index contributed by atoms with van der Waals surface area (Å²) in [6.07, 6.45) is 0. The van der Waals surface area contributed by atoms with Crippen molar-refractivity contribution in [2.75, 3.05) is 7.11 Å². The quantitative estimate of drug-likeness (QED) is 0.598. The van der Waals surface area contributed by atoms with Crippen LogP contribution in [-0.4, -0.2) is 12.0 Å². The Morgan fingerprint density at radius 2 is 2.00 bits per heavy atom. The van der Waals surface area contributed by atoms with Crippen LogP contribution in [0, 0.1) is 15.9 Å². The largest absolute Gasteiger partial charge is 0.496 e. The molecule has 0 N–H and O–H groups in total. The Labute approximate surface area is 128 Å². The lowest BCUT2D eigenvalue weighted by atomic mass is 10.2. The van der Waals surface area contributed by atoms with Crippen molar-refractivity contribution in [1.82, 2.24) is 0 Å². The highest BCUT2D eigenvalue weighted by molar-refractivity contribution is 9.10. The van der Waals surface area contributed by atoms with Gasteiger partial charge in [-0.3, -0.25) is 10.1 Å². The van der Waals surface area contributed by atoms with Crippen LogP contribution in [-0.2, 0) is 6.61 Å². The number of ether oxygens (including phenoxy) is 2. The Kier molecular flexibility index (Phi) is 4.74. The normalized spacial score (nSPS) is 10.2. The number of nitro groups is 1. The third-order valence-corrected chi connectivity index (χ3v) is 3.30. The van der Waals surface area contributed by atoms with Gasteiger partial charge in [-0.15, -0.1) is 0 Å². The zero-order valence-corrected chi connectivity index (χ0v) is 12.6. The first-order chi connectivity index (χ1) is 9.99. The van der Waals surface area contributed by atoms with Crippen LogP contribution >= 0.6 is 15.9 Å². The molecule has 0 spiro atoms. The van der Waals surface area contributed by atoms with Gasteiger partial charge in [-0.2, -0.15) is 0 Å². The summed E-state index contributed by atoms with van der Waals surface area (Å²) in [6.45, 7) is 0.107. The van der Waals surface area contributed by atoms with E-state index in [1.807, 2.05) is 0 Å². The first-order valence-electron chi connectivity index (χ1n) is 5.90. The first kappa shape index (κ1) is 15.2. The molecule has 0 bridgehead atoms. The highest BCUT2D eigenvalue weighted by atomic mass is 79.9. The van der Waals surface area contributed by atoms with Crippen molar-refractivity contribution in [3.63, 3.8) is 0 Å². The molecule has 0 atom stereocenters. The lowest BCUT2D eigenvalue weighted by Gasteiger charge is -2.08. The molecular formula is C14H11BrFNO4. The molecule has 0 unspecified atom stereocenters. The van der Waals surface area contributed by atoms with E-state index in [-0.39, 0.29) is 22.6 Å². The van der Waals surface area contributed by atoms with Crippen LogP contribution in [0.5, 0.6) is 11.5 Å². The summed E-state index contributed by atoms with van der Waals surface area (Å²) in [5.41, 5.74) is 0.509. The predicted molar refractivity (Wildman–Crippen MR) is 78.1 cm³/mol. The van der Waals surface area contributed by atoms with Crippen LogP contribution < -0.4 is 9.47 Å². The molecule has 0 heterocycles. The summed E-state index contributed by atoms with van der Waals surface area (Å²) < 4.78 is 23.9. The van der Waals surface area contributed by atoms with Gasteiger partial charge in [0.2, 0.25) is 0 Å². The van der Waals surface area contributed by atoms with Gasteiger partial charge in [0, 0.05) is 6.07 Å². The SMILES string of the molecule is COc1cc(COc2ccc(F)c(Br)c2)cc([N+](=O)[O-])c1. The van der Waals surface area contributed by atoms with Gasteiger partial charge in [-0.25, -0.2) is 4.39 Å². The second-order valence-corrected chi connectivity index (χ2v) is 5.02. The van der Waals surface area contributed by atoms with Crippen LogP contribution in [0.25, 0.3) is 0 Å². The molecule has 5 nitrogen and oxygen atoms in total. The maximum atomic E-state index is 13.1. The number of hydrogen-bond donors (Lipinski definition) is 0. The molecule has 0 fully saturated rings. The van der Waals surface area contributed by atoms with Crippen molar-refractivity contribution in [2.45, 2.75) is 6.61 Å². The number of halogens is 2. The van der Waals surface area contributed by atoms with Gasteiger partial charge in [0.05, 0.1) is 22.6 Å².